The van der Waals surface area contributed by atoms with Gasteiger partial charge in [-0.15, -0.1) is 0 Å². The second kappa shape index (κ2) is 5.98. The molecule has 0 bridgehead atoms. The van der Waals surface area contributed by atoms with Crippen LogP contribution in [0.1, 0.15) is 12.8 Å². The van der Waals surface area contributed by atoms with E-state index in [4.69, 9.17) is 0 Å². The van der Waals surface area contributed by atoms with E-state index >= 15 is 0 Å². The lowest BCUT2D eigenvalue weighted by Crippen LogP contribution is -2.55. The zero-order valence-electron chi connectivity index (χ0n) is 10.4. The van der Waals surface area contributed by atoms with Crippen LogP contribution >= 0.6 is 0 Å². The molecule has 0 aliphatic heterocycles. The standard InChI is InChI=1S/C8H10F6N2O4S2/c9-7(10,11)21(17,18)15-5-3-1-2-4-6(5)16-22(19,20)8(12,13)14/h1,3,5-6,15-16H,2,4H2/t5-,6-/m1/s1. The molecule has 0 saturated heterocycles. The molecular formula is C8H10F6N2O4S2. The van der Waals surface area contributed by atoms with Crippen LogP contribution < -0.4 is 9.44 Å². The van der Waals surface area contributed by atoms with Crippen molar-refractivity contribution in [2.75, 3.05) is 0 Å². The number of rotatable bonds is 4. The number of hydrogen-bond donors (Lipinski definition) is 2. The molecule has 0 fully saturated rings. The molecular weight excluding hydrogens is 366 g/mol. The summed E-state index contributed by atoms with van der Waals surface area (Å²) in [7, 11) is -11.7. The molecule has 14 heteroatoms. The lowest BCUT2D eigenvalue weighted by molar-refractivity contribution is -0.0464. The van der Waals surface area contributed by atoms with Crippen LogP contribution in [0.3, 0.4) is 0 Å². The molecule has 0 saturated carbocycles. The van der Waals surface area contributed by atoms with Gasteiger partial charge in [-0.3, -0.25) is 0 Å². The molecule has 2 N–H and O–H groups in total. The predicted molar refractivity (Wildman–Crippen MR) is 62.2 cm³/mol. The fourth-order valence-corrected chi connectivity index (χ4v) is 3.13. The maximum atomic E-state index is 12.3. The molecule has 0 aromatic rings. The van der Waals surface area contributed by atoms with Crippen molar-refractivity contribution in [2.24, 2.45) is 0 Å². The lowest BCUT2D eigenvalue weighted by atomic mass is 9.99. The van der Waals surface area contributed by atoms with Crippen molar-refractivity contribution in [3.05, 3.63) is 12.2 Å². The summed E-state index contributed by atoms with van der Waals surface area (Å²) in [5.41, 5.74) is -11.3. The maximum Gasteiger partial charge on any atom is 0.511 e. The van der Waals surface area contributed by atoms with Crippen molar-refractivity contribution < 1.29 is 43.2 Å². The minimum Gasteiger partial charge on any atom is -0.203 e. The van der Waals surface area contributed by atoms with Gasteiger partial charge in [0.25, 0.3) is 0 Å². The maximum absolute atomic E-state index is 12.3. The first-order valence-electron chi connectivity index (χ1n) is 5.51. The zero-order valence-corrected chi connectivity index (χ0v) is 12.1. The van der Waals surface area contributed by atoms with Gasteiger partial charge in [-0.2, -0.15) is 31.1 Å². The predicted octanol–water partition coefficient (Wildman–Crippen LogP) is 0.952. The third-order valence-corrected chi connectivity index (χ3v) is 5.04. The number of halogens is 6. The van der Waals surface area contributed by atoms with E-state index in [1.54, 1.807) is 0 Å². The first kappa shape index (κ1) is 19.2. The van der Waals surface area contributed by atoms with Crippen LogP contribution in [0, 0.1) is 0 Å². The van der Waals surface area contributed by atoms with Crippen LogP contribution in [0.2, 0.25) is 0 Å². The van der Waals surface area contributed by atoms with E-state index in [1.165, 1.54) is 6.08 Å². The Bertz CT molecular complexity index is 637. The Balaban J connectivity index is 3.00. The summed E-state index contributed by atoms with van der Waals surface area (Å²) in [6, 6.07) is -3.49. The third kappa shape index (κ3) is 4.33. The number of alkyl halides is 6. The molecule has 1 aliphatic rings. The molecule has 0 unspecified atom stereocenters. The van der Waals surface area contributed by atoms with Gasteiger partial charge < -0.3 is 0 Å². The summed E-state index contributed by atoms with van der Waals surface area (Å²) in [5, 5.41) is 0. The summed E-state index contributed by atoms with van der Waals surface area (Å²) in [5.74, 6) is 0. The van der Waals surface area contributed by atoms with E-state index in [1.807, 2.05) is 0 Å². The monoisotopic (exact) mass is 376 g/mol. The minimum atomic E-state index is -5.84. The molecule has 0 amide bonds. The molecule has 0 spiro atoms. The Hall–Kier alpha value is -0.860. The van der Waals surface area contributed by atoms with Crippen LogP contribution in [-0.4, -0.2) is 39.9 Å². The molecule has 2 atom stereocenters. The Morgan fingerprint density at radius 2 is 1.32 bits per heavy atom. The van der Waals surface area contributed by atoms with Crippen LogP contribution in [0.4, 0.5) is 26.3 Å². The van der Waals surface area contributed by atoms with Gasteiger partial charge in [0.2, 0.25) is 0 Å². The van der Waals surface area contributed by atoms with Gasteiger partial charge in [-0.05, 0) is 12.8 Å². The number of nitrogens with one attached hydrogen (secondary N) is 2. The quantitative estimate of drug-likeness (QED) is 0.565. The average molecular weight is 376 g/mol. The largest absolute Gasteiger partial charge is 0.511 e. The summed E-state index contributed by atoms with van der Waals surface area (Å²) in [4.78, 5) is 0. The van der Waals surface area contributed by atoms with Gasteiger partial charge in [-0.25, -0.2) is 21.6 Å². The molecule has 22 heavy (non-hydrogen) atoms. The van der Waals surface area contributed by atoms with E-state index in [2.05, 4.69) is 0 Å². The highest BCUT2D eigenvalue weighted by Crippen LogP contribution is 2.26. The van der Waals surface area contributed by atoms with Crippen LogP contribution in [0.15, 0.2) is 12.2 Å². The molecule has 1 aliphatic carbocycles. The van der Waals surface area contributed by atoms with E-state index < -0.39 is 43.1 Å². The summed E-state index contributed by atoms with van der Waals surface area (Å²) in [6.45, 7) is 0. The fraction of sp³-hybridized carbons (Fsp3) is 0.750. The van der Waals surface area contributed by atoms with Crippen molar-refractivity contribution >= 4 is 20.0 Å². The van der Waals surface area contributed by atoms with E-state index in [0.717, 1.165) is 15.5 Å². The molecule has 0 radical (unpaired) electrons. The highest BCUT2D eigenvalue weighted by atomic mass is 32.2. The van der Waals surface area contributed by atoms with Crippen LogP contribution in [0.5, 0.6) is 0 Å². The van der Waals surface area contributed by atoms with Gasteiger partial charge in [0.05, 0.1) is 6.04 Å². The second-order valence-electron chi connectivity index (χ2n) is 4.27. The Labute approximate surface area is 121 Å². The topological polar surface area (TPSA) is 92.3 Å². The third-order valence-electron chi connectivity index (χ3n) is 2.63. The second-order valence-corrected chi connectivity index (χ2v) is 7.68. The van der Waals surface area contributed by atoms with Crippen molar-refractivity contribution in [3.8, 4) is 0 Å². The van der Waals surface area contributed by atoms with Gasteiger partial charge in [0.1, 0.15) is 0 Å². The summed E-state index contributed by atoms with van der Waals surface area (Å²) >= 11 is 0. The van der Waals surface area contributed by atoms with E-state index in [-0.39, 0.29) is 12.8 Å². The minimum absolute atomic E-state index is 0.0648. The van der Waals surface area contributed by atoms with Crippen molar-refractivity contribution in [3.63, 3.8) is 0 Å². The van der Waals surface area contributed by atoms with Crippen molar-refractivity contribution in [2.45, 2.75) is 35.9 Å². The van der Waals surface area contributed by atoms with Crippen LogP contribution in [0.25, 0.3) is 0 Å². The molecule has 6 nitrogen and oxygen atoms in total. The Kier molecular flexibility index (Phi) is 5.21. The Morgan fingerprint density at radius 1 is 0.864 bits per heavy atom. The van der Waals surface area contributed by atoms with Crippen molar-refractivity contribution in [1.82, 2.24) is 9.44 Å². The SMILES string of the molecule is O=S(=O)(N[C@@H]1C=CCC[C@H]1NS(=O)(=O)C(F)(F)F)C(F)(F)F. The summed E-state index contributed by atoms with van der Waals surface area (Å²) < 4.78 is 120. The van der Waals surface area contributed by atoms with E-state index in [0.29, 0.717) is 0 Å². The molecule has 0 aromatic carbocycles. The highest BCUT2D eigenvalue weighted by molar-refractivity contribution is 7.90. The molecule has 1 rings (SSSR count). The smallest absolute Gasteiger partial charge is 0.203 e. The number of hydrogen-bond acceptors (Lipinski definition) is 4. The van der Waals surface area contributed by atoms with Gasteiger partial charge in [0.15, 0.2) is 0 Å². The highest BCUT2D eigenvalue weighted by Gasteiger charge is 2.50. The number of sulfonamides is 2. The van der Waals surface area contributed by atoms with Gasteiger partial charge >= 0.3 is 31.1 Å². The Morgan fingerprint density at radius 3 is 1.77 bits per heavy atom. The molecule has 130 valence electrons. The van der Waals surface area contributed by atoms with Gasteiger partial charge in [-0.1, -0.05) is 12.2 Å². The summed E-state index contributed by atoms with van der Waals surface area (Å²) in [6.07, 6.45) is 1.84. The average Bonchev–Trinajstić information content (AvgIpc) is 2.28. The fourth-order valence-electron chi connectivity index (χ4n) is 1.60. The zero-order chi connectivity index (χ0) is 17.4. The first-order valence-corrected chi connectivity index (χ1v) is 8.48. The normalized spacial score (nSPS) is 24.5. The van der Waals surface area contributed by atoms with E-state index in [9.17, 15) is 43.2 Å². The van der Waals surface area contributed by atoms with Gasteiger partial charge in [0, 0.05) is 6.04 Å². The first-order chi connectivity index (χ1) is 9.67. The lowest BCUT2D eigenvalue weighted by Gasteiger charge is -2.29. The van der Waals surface area contributed by atoms with Crippen LogP contribution in [-0.2, 0) is 20.0 Å². The van der Waals surface area contributed by atoms with Crippen molar-refractivity contribution in [1.29, 1.82) is 0 Å². The molecule has 0 aromatic heterocycles. The number of allylic oxidation sites excluding steroid dienone is 1. The molecule has 0 heterocycles.